The number of methoxy groups -OCH3 is 1. The van der Waals surface area contributed by atoms with E-state index in [4.69, 9.17) is 13.9 Å². The molecule has 0 amide bonds. The minimum absolute atomic E-state index is 0.346. The van der Waals surface area contributed by atoms with Gasteiger partial charge in [-0.2, -0.15) is 0 Å². The fourth-order valence-corrected chi connectivity index (χ4v) is 1.96. The largest absolute Gasteiger partial charge is 0.465 e. The Kier molecular flexibility index (Phi) is 8.82. The highest BCUT2D eigenvalue weighted by Crippen LogP contribution is 2.16. The summed E-state index contributed by atoms with van der Waals surface area (Å²) in [5.41, 5.74) is 0.437. The summed E-state index contributed by atoms with van der Waals surface area (Å²) in [5, 5.41) is 6.39. The number of rotatable bonds is 9. The molecular formula is C16H27N3O4. The van der Waals surface area contributed by atoms with Crippen molar-refractivity contribution in [2.24, 2.45) is 4.99 Å². The second kappa shape index (κ2) is 10.7. The Bertz CT molecular complexity index is 511. The van der Waals surface area contributed by atoms with Crippen molar-refractivity contribution in [1.29, 1.82) is 0 Å². The van der Waals surface area contributed by atoms with Gasteiger partial charge in [-0.25, -0.2) is 9.79 Å². The Balaban J connectivity index is 2.57. The number of guanidine groups is 1. The van der Waals surface area contributed by atoms with E-state index >= 15 is 0 Å². The third-order valence-corrected chi connectivity index (χ3v) is 3.07. The lowest BCUT2D eigenvalue weighted by atomic mass is 10.2. The molecule has 0 unspecified atom stereocenters. The van der Waals surface area contributed by atoms with Gasteiger partial charge in [-0.15, -0.1) is 0 Å². The molecule has 0 spiro atoms. The van der Waals surface area contributed by atoms with Crippen LogP contribution in [0.1, 0.15) is 42.1 Å². The zero-order valence-corrected chi connectivity index (χ0v) is 14.4. The molecular weight excluding hydrogens is 298 g/mol. The van der Waals surface area contributed by atoms with Gasteiger partial charge in [-0.3, -0.25) is 0 Å². The molecule has 2 N–H and O–H groups in total. The average Bonchev–Trinajstić information content (AvgIpc) is 2.92. The summed E-state index contributed by atoms with van der Waals surface area (Å²) >= 11 is 0. The lowest BCUT2D eigenvalue weighted by Crippen LogP contribution is -2.38. The Hall–Kier alpha value is -2.02. The van der Waals surface area contributed by atoms with Crippen molar-refractivity contribution in [1.82, 2.24) is 10.6 Å². The molecule has 0 aromatic carbocycles. The van der Waals surface area contributed by atoms with Crippen molar-refractivity contribution in [2.45, 2.75) is 33.7 Å². The molecule has 0 bridgehead atoms. The monoisotopic (exact) mass is 325 g/mol. The number of hydrogen-bond acceptors (Lipinski definition) is 5. The molecule has 7 heteroatoms. The van der Waals surface area contributed by atoms with Gasteiger partial charge in [0.25, 0.3) is 0 Å². The number of furan rings is 1. The van der Waals surface area contributed by atoms with Crippen LogP contribution >= 0.6 is 0 Å². The molecule has 23 heavy (non-hydrogen) atoms. The van der Waals surface area contributed by atoms with Crippen LogP contribution in [0, 0.1) is 6.92 Å². The van der Waals surface area contributed by atoms with Crippen molar-refractivity contribution in [2.75, 3.05) is 33.4 Å². The maximum Gasteiger partial charge on any atom is 0.341 e. The van der Waals surface area contributed by atoms with Crippen LogP contribution in [-0.4, -0.2) is 45.3 Å². The second-order valence-corrected chi connectivity index (χ2v) is 4.85. The first-order valence-electron chi connectivity index (χ1n) is 7.89. The van der Waals surface area contributed by atoms with Crippen LogP contribution in [0.2, 0.25) is 0 Å². The quantitative estimate of drug-likeness (QED) is 0.312. The maximum absolute atomic E-state index is 11.6. The Morgan fingerprint density at radius 2 is 2.13 bits per heavy atom. The highest BCUT2D eigenvalue weighted by Gasteiger charge is 2.15. The smallest absolute Gasteiger partial charge is 0.341 e. The molecule has 0 saturated carbocycles. The van der Waals surface area contributed by atoms with E-state index in [-0.39, 0.29) is 0 Å². The topological polar surface area (TPSA) is 85.1 Å². The van der Waals surface area contributed by atoms with E-state index in [1.165, 1.54) is 7.11 Å². The van der Waals surface area contributed by atoms with E-state index in [1.807, 2.05) is 13.8 Å². The molecule has 1 aromatic heterocycles. The number of aliphatic imine (C=N–C) groups is 1. The third-order valence-electron chi connectivity index (χ3n) is 3.07. The van der Waals surface area contributed by atoms with Crippen LogP contribution in [0.4, 0.5) is 0 Å². The van der Waals surface area contributed by atoms with Crippen LogP contribution in [0.5, 0.6) is 0 Å². The van der Waals surface area contributed by atoms with Crippen molar-refractivity contribution >= 4 is 11.9 Å². The zero-order valence-electron chi connectivity index (χ0n) is 14.4. The van der Waals surface area contributed by atoms with Gasteiger partial charge in [0.05, 0.1) is 7.11 Å². The summed E-state index contributed by atoms with van der Waals surface area (Å²) in [6.45, 7) is 9.06. The molecule has 0 radical (unpaired) electrons. The summed E-state index contributed by atoms with van der Waals surface area (Å²) in [7, 11) is 1.35. The van der Waals surface area contributed by atoms with Crippen LogP contribution < -0.4 is 10.6 Å². The fraction of sp³-hybridized carbons (Fsp3) is 0.625. The SMILES string of the molecule is CCNC(=NCc1cc(C(=O)OC)c(C)o1)NCCCOCC. The van der Waals surface area contributed by atoms with Gasteiger partial charge in [0.1, 0.15) is 23.6 Å². The van der Waals surface area contributed by atoms with E-state index in [1.54, 1.807) is 13.0 Å². The zero-order chi connectivity index (χ0) is 17.1. The molecule has 1 rings (SSSR count). The number of nitrogens with one attached hydrogen (secondary N) is 2. The second-order valence-electron chi connectivity index (χ2n) is 4.85. The normalized spacial score (nSPS) is 11.4. The molecule has 0 aliphatic rings. The van der Waals surface area contributed by atoms with E-state index in [9.17, 15) is 4.79 Å². The molecule has 1 heterocycles. The standard InChI is InChI=1S/C16H27N3O4/c1-5-17-16(18-8-7-9-22-6-2)19-11-13-10-14(12(3)23-13)15(20)21-4/h10H,5-9,11H2,1-4H3,(H2,17,18,19). The summed E-state index contributed by atoms with van der Waals surface area (Å²) in [6.07, 6.45) is 0.907. The highest BCUT2D eigenvalue weighted by atomic mass is 16.5. The van der Waals surface area contributed by atoms with Crippen molar-refractivity contribution in [3.8, 4) is 0 Å². The molecule has 0 atom stereocenters. The summed E-state index contributed by atoms with van der Waals surface area (Å²) < 4.78 is 15.5. The molecule has 7 nitrogen and oxygen atoms in total. The summed E-state index contributed by atoms with van der Waals surface area (Å²) in [4.78, 5) is 16.0. The van der Waals surface area contributed by atoms with Gasteiger partial charge in [-0.05, 0) is 33.3 Å². The first-order chi connectivity index (χ1) is 11.1. The van der Waals surface area contributed by atoms with Crippen LogP contribution in [-0.2, 0) is 16.0 Å². The predicted molar refractivity (Wildman–Crippen MR) is 88.7 cm³/mol. The maximum atomic E-state index is 11.6. The molecule has 0 aliphatic heterocycles. The van der Waals surface area contributed by atoms with E-state index in [0.717, 1.165) is 32.7 Å². The number of ether oxygens (including phenoxy) is 2. The highest BCUT2D eigenvalue weighted by molar-refractivity contribution is 5.90. The van der Waals surface area contributed by atoms with E-state index < -0.39 is 5.97 Å². The Labute approximate surface area is 137 Å². The molecule has 1 aromatic rings. The number of esters is 1. The molecule has 0 saturated heterocycles. The molecule has 0 fully saturated rings. The average molecular weight is 325 g/mol. The minimum Gasteiger partial charge on any atom is -0.465 e. The Morgan fingerprint density at radius 3 is 2.78 bits per heavy atom. The number of aryl methyl sites for hydroxylation is 1. The third kappa shape index (κ3) is 6.73. The van der Waals surface area contributed by atoms with Gasteiger partial charge in [-0.1, -0.05) is 0 Å². The van der Waals surface area contributed by atoms with Gasteiger partial charge >= 0.3 is 5.97 Å². The van der Waals surface area contributed by atoms with Crippen LogP contribution in [0.15, 0.2) is 15.5 Å². The van der Waals surface area contributed by atoms with Crippen molar-refractivity contribution in [3.63, 3.8) is 0 Å². The minimum atomic E-state index is -0.401. The van der Waals surface area contributed by atoms with Gasteiger partial charge < -0.3 is 24.5 Å². The molecule has 0 aliphatic carbocycles. The van der Waals surface area contributed by atoms with Crippen LogP contribution in [0.3, 0.4) is 0 Å². The first kappa shape index (κ1) is 19.0. The fourth-order valence-electron chi connectivity index (χ4n) is 1.96. The van der Waals surface area contributed by atoms with Crippen molar-refractivity contribution in [3.05, 3.63) is 23.2 Å². The number of carbonyl (C=O) groups is 1. The molecule has 130 valence electrons. The lowest BCUT2D eigenvalue weighted by Gasteiger charge is -2.10. The van der Waals surface area contributed by atoms with Gasteiger partial charge in [0.15, 0.2) is 5.96 Å². The van der Waals surface area contributed by atoms with Crippen LogP contribution in [0.25, 0.3) is 0 Å². The van der Waals surface area contributed by atoms with Crippen molar-refractivity contribution < 1.29 is 18.7 Å². The Morgan fingerprint density at radius 1 is 1.35 bits per heavy atom. The first-order valence-corrected chi connectivity index (χ1v) is 7.89. The number of hydrogen-bond donors (Lipinski definition) is 2. The number of nitrogens with zero attached hydrogens (tertiary/aromatic N) is 1. The summed E-state index contributed by atoms with van der Waals surface area (Å²) in [6, 6.07) is 1.67. The predicted octanol–water partition coefficient (Wildman–Crippen LogP) is 1.86. The lowest BCUT2D eigenvalue weighted by molar-refractivity contribution is 0.0599. The van der Waals surface area contributed by atoms with E-state index in [0.29, 0.717) is 29.6 Å². The van der Waals surface area contributed by atoms with E-state index in [2.05, 4.69) is 15.6 Å². The summed E-state index contributed by atoms with van der Waals surface area (Å²) in [5.74, 6) is 1.46. The number of carbonyl (C=O) groups excluding carboxylic acids is 1. The van der Waals surface area contributed by atoms with Gasteiger partial charge in [0.2, 0.25) is 0 Å². The van der Waals surface area contributed by atoms with Gasteiger partial charge in [0, 0.05) is 26.3 Å².